The minimum atomic E-state index is -0.623. The van der Waals surface area contributed by atoms with E-state index in [0.29, 0.717) is 12.0 Å². The third kappa shape index (κ3) is 2.71. The van der Waals surface area contributed by atoms with E-state index >= 15 is 0 Å². The summed E-state index contributed by atoms with van der Waals surface area (Å²) in [5.41, 5.74) is 1.16. The van der Waals surface area contributed by atoms with Crippen molar-refractivity contribution in [1.29, 1.82) is 0 Å². The number of non-ortho nitro benzene ring substituents is 1. The molecule has 0 spiro atoms. The summed E-state index contributed by atoms with van der Waals surface area (Å²) < 4.78 is 10.8. The van der Waals surface area contributed by atoms with E-state index in [2.05, 4.69) is 9.34 Å². The summed E-state index contributed by atoms with van der Waals surface area (Å²) in [7, 11) is -0.623. The molecule has 2 saturated heterocycles. The maximum atomic E-state index is 11.2. The molecule has 2 aliphatic heterocycles. The Morgan fingerprint density at radius 1 is 1.05 bits per heavy atom. The van der Waals surface area contributed by atoms with Gasteiger partial charge in [0.1, 0.15) is 0 Å². The van der Waals surface area contributed by atoms with Crippen LogP contribution in [0, 0.1) is 10.1 Å². The van der Waals surface area contributed by atoms with Crippen molar-refractivity contribution in [3.05, 3.63) is 52.1 Å². The molecule has 0 aliphatic carbocycles. The van der Waals surface area contributed by atoms with Gasteiger partial charge in [0.25, 0.3) is 5.69 Å². The van der Waals surface area contributed by atoms with Crippen LogP contribution in [0.25, 0.3) is 10.8 Å². The molecule has 0 saturated carbocycles. The number of hydrogen-bond donors (Lipinski definition) is 0. The average molecular weight is 317 g/mol. The first-order valence-corrected chi connectivity index (χ1v) is 8.48. The van der Waals surface area contributed by atoms with E-state index < -0.39 is 8.45 Å². The van der Waals surface area contributed by atoms with Gasteiger partial charge in [0.2, 0.25) is 0 Å². The lowest BCUT2D eigenvalue weighted by molar-refractivity contribution is -0.383. The van der Waals surface area contributed by atoms with Crippen molar-refractivity contribution in [2.24, 2.45) is 0 Å². The number of nitrogens with zero attached hydrogens (tertiary/aromatic N) is 3. The second-order valence-corrected chi connectivity index (χ2v) is 7.38. The lowest BCUT2D eigenvalue weighted by Crippen LogP contribution is -2.03. The predicted molar refractivity (Wildman–Crippen MR) is 85.5 cm³/mol. The van der Waals surface area contributed by atoms with Crippen LogP contribution in [0.5, 0.6) is 0 Å². The summed E-state index contributed by atoms with van der Waals surface area (Å²) in [5.74, 6) is 0. The molecule has 7 heteroatoms. The van der Waals surface area contributed by atoms with Crippen LogP contribution in [0.1, 0.15) is 5.56 Å². The molecule has 2 heterocycles. The highest BCUT2D eigenvalue weighted by Gasteiger charge is 2.39. The number of hydrogen-bond acceptors (Lipinski definition) is 5. The van der Waals surface area contributed by atoms with E-state index in [-0.39, 0.29) is 10.6 Å². The molecule has 2 aliphatic rings. The van der Waals surface area contributed by atoms with Crippen LogP contribution < -0.4 is 0 Å². The Morgan fingerprint density at radius 3 is 2.27 bits per heavy atom. The molecule has 2 aromatic rings. The van der Waals surface area contributed by atoms with E-state index in [9.17, 15) is 10.1 Å². The van der Waals surface area contributed by atoms with Gasteiger partial charge in [-0.25, -0.2) is 9.34 Å². The topological polar surface area (TPSA) is 58.4 Å². The molecule has 6 nitrogen and oxygen atoms in total. The highest BCUT2D eigenvalue weighted by atomic mass is 31.2. The molecule has 0 aromatic heterocycles. The average Bonchev–Trinajstić information content (AvgIpc) is 3.40. The number of fused-ring (bicyclic) bond motifs is 1. The first kappa shape index (κ1) is 14.0. The molecule has 0 amide bonds. The Balaban J connectivity index is 1.61. The minimum absolute atomic E-state index is 0.151. The molecule has 22 heavy (non-hydrogen) atoms. The number of nitro benzene ring substituents is 1. The second-order valence-electron chi connectivity index (χ2n) is 5.48. The smallest absolute Gasteiger partial charge is 0.277 e. The van der Waals surface area contributed by atoms with Crippen LogP contribution in [0.3, 0.4) is 0 Å². The van der Waals surface area contributed by atoms with Crippen molar-refractivity contribution in [1.82, 2.24) is 9.34 Å². The van der Waals surface area contributed by atoms with E-state index in [1.807, 2.05) is 24.3 Å². The highest BCUT2D eigenvalue weighted by Crippen LogP contribution is 2.53. The Labute approximate surface area is 129 Å². The summed E-state index contributed by atoms with van der Waals surface area (Å²) in [5, 5.41) is 12.7. The first-order chi connectivity index (χ1) is 10.7. The lowest BCUT2D eigenvalue weighted by atomic mass is 10.0. The van der Waals surface area contributed by atoms with Crippen molar-refractivity contribution in [3.8, 4) is 0 Å². The van der Waals surface area contributed by atoms with E-state index in [4.69, 9.17) is 4.52 Å². The fraction of sp³-hybridized carbons (Fsp3) is 0.333. The fourth-order valence-electron chi connectivity index (χ4n) is 2.53. The molecular weight excluding hydrogens is 301 g/mol. The van der Waals surface area contributed by atoms with Crippen LogP contribution >= 0.6 is 8.45 Å². The Morgan fingerprint density at radius 2 is 1.68 bits per heavy atom. The standard InChI is InChI=1S/C15H16N3O3P/c19-18(20)15-6-5-12(13-3-1-2-4-14(13)15)11-21-22(16-7-8-16)17-9-10-17/h1-6H,7-11H2. The Kier molecular flexibility index (Phi) is 3.54. The van der Waals surface area contributed by atoms with Gasteiger partial charge in [0.15, 0.2) is 8.45 Å². The van der Waals surface area contributed by atoms with Gasteiger partial charge in [-0.2, -0.15) is 0 Å². The van der Waals surface area contributed by atoms with Crippen molar-refractivity contribution < 1.29 is 9.45 Å². The molecule has 2 aromatic carbocycles. The first-order valence-electron chi connectivity index (χ1n) is 7.32. The molecule has 114 valence electrons. The number of benzene rings is 2. The molecule has 0 radical (unpaired) electrons. The monoisotopic (exact) mass is 317 g/mol. The fourth-order valence-corrected chi connectivity index (χ4v) is 4.33. The Bertz CT molecular complexity index is 719. The van der Waals surface area contributed by atoms with Crippen LogP contribution in [0.15, 0.2) is 36.4 Å². The molecule has 2 fully saturated rings. The van der Waals surface area contributed by atoms with Crippen LogP contribution in [-0.4, -0.2) is 40.4 Å². The van der Waals surface area contributed by atoms with Gasteiger partial charge in [-0.3, -0.25) is 10.1 Å². The predicted octanol–water partition coefficient (Wildman–Crippen LogP) is 3.12. The highest BCUT2D eigenvalue weighted by molar-refractivity contribution is 7.48. The van der Waals surface area contributed by atoms with Gasteiger partial charge in [0, 0.05) is 32.2 Å². The van der Waals surface area contributed by atoms with Gasteiger partial charge in [-0.1, -0.05) is 18.2 Å². The van der Waals surface area contributed by atoms with Crippen LogP contribution in [0.4, 0.5) is 5.69 Å². The Hall–Kier alpha value is -1.59. The van der Waals surface area contributed by atoms with Crippen LogP contribution in [0.2, 0.25) is 0 Å². The number of nitro groups is 1. The molecular formula is C15H16N3O3P. The van der Waals surface area contributed by atoms with Crippen LogP contribution in [-0.2, 0) is 11.1 Å². The third-order valence-electron chi connectivity index (χ3n) is 3.85. The summed E-state index contributed by atoms with van der Waals surface area (Å²) in [6, 6.07) is 10.9. The zero-order chi connectivity index (χ0) is 15.1. The van der Waals surface area contributed by atoms with Gasteiger partial charge in [-0.15, -0.1) is 0 Å². The largest absolute Gasteiger partial charge is 0.326 e. The van der Waals surface area contributed by atoms with Gasteiger partial charge in [0.05, 0.1) is 16.9 Å². The normalized spacial score (nSPS) is 18.0. The molecule has 0 bridgehead atoms. The molecule has 0 N–H and O–H groups in total. The molecule has 0 atom stereocenters. The van der Waals surface area contributed by atoms with Gasteiger partial charge >= 0.3 is 0 Å². The zero-order valence-corrected chi connectivity index (χ0v) is 12.9. The van der Waals surface area contributed by atoms with Gasteiger partial charge in [-0.05, 0) is 23.1 Å². The quantitative estimate of drug-likeness (QED) is 0.354. The maximum Gasteiger partial charge on any atom is 0.277 e. The summed E-state index contributed by atoms with van der Waals surface area (Å²) in [6.45, 7) is 4.95. The minimum Gasteiger partial charge on any atom is -0.326 e. The van der Waals surface area contributed by atoms with Crippen molar-refractivity contribution in [2.75, 3.05) is 26.2 Å². The maximum absolute atomic E-state index is 11.2. The van der Waals surface area contributed by atoms with Gasteiger partial charge < -0.3 is 4.52 Å². The van der Waals surface area contributed by atoms with E-state index in [0.717, 1.165) is 37.1 Å². The summed E-state index contributed by atoms with van der Waals surface area (Å²) in [4.78, 5) is 10.8. The van der Waals surface area contributed by atoms with Crippen molar-refractivity contribution >= 4 is 24.9 Å². The number of rotatable bonds is 6. The summed E-state index contributed by atoms with van der Waals surface area (Å²) in [6.07, 6.45) is 0. The lowest BCUT2D eigenvalue weighted by Gasteiger charge is -2.19. The SMILES string of the molecule is O=[N+]([O-])c1ccc(COP(N2CC2)N2CC2)c2ccccc12. The summed E-state index contributed by atoms with van der Waals surface area (Å²) >= 11 is 0. The zero-order valence-electron chi connectivity index (χ0n) is 12.0. The third-order valence-corrected chi connectivity index (χ3v) is 5.98. The van der Waals surface area contributed by atoms with Crippen molar-refractivity contribution in [2.45, 2.75) is 6.61 Å². The molecule has 4 rings (SSSR count). The van der Waals surface area contributed by atoms with E-state index in [1.54, 1.807) is 12.1 Å². The van der Waals surface area contributed by atoms with Crippen molar-refractivity contribution in [3.63, 3.8) is 0 Å². The molecule has 0 unspecified atom stereocenters. The second kappa shape index (κ2) is 5.56. The van der Waals surface area contributed by atoms with E-state index in [1.165, 1.54) is 0 Å².